The van der Waals surface area contributed by atoms with E-state index in [9.17, 15) is 16.8 Å². The molecule has 0 aromatic heterocycles. The number of anilines is 2. The Morgan fingerprint density at radius 3 is 2.29 bits per heavy atom. The topological polar surface area (TPSA) is 106 Å². The van der Waals surface area contributed by atoms with Gasteiger partial charge >= 0.3 is 0 Å². The van der Waals surface area contributed by atoms with Crippen molar-refractivity contribution in [1.29, 1.82) is 0 Å². The zero-order valence-electron chi connectivity index (χ0n) is 9.47. The Balaban J connectivity index is 2.95. The van der Waals surface area contributed by atoms with E-state index in [0.717, 1.165) is 6.26 Å². The maximum absolute atomic E-state index is 11.5. The molecule has 0 saturated heterocycles. The first kappa shape index (κ1) is 13.8. The van der Waals surface area contributed by atoms with E-state index >= 15 is 0 Å². The van der Waals surface area contributed by atoms with Crippen LogP contribution >= 0.6 is 0 Å². The minimum atomic E-state index is -3.90. The molecule has 0 radical (unpaired) electrons. The lowest BCUT2D eigenvalue weighted by Gasteiger charge is -2.08. The third-order valence-corrected chi connectivity index (χ3v) is 5.41. The molecule has 1 rings (SSSR count). The predicted octanol–water partition coefficient (Wildman–Crippen LogP) is 0.321. The Labute approximate surface area is 101 Å². The summed E-state index contributed by atoms with van der Waals surface area (Å²) in [6.45, 7) is 1.73. The average molecular weight is 278 g/mol. The van der Waals surface area contributed by atoms with Gasteiger partial charge in [0.2, 0.25) is 10.0 Å². The fourth-order valence-corrected chi connectivity index (χ4v) is 4.21. The lowest BCUT2D eigenvalue weighted by atomic mass is 10.2. The molecular weight excluding hydrogens is 264 g/mol. The molecule has 0 atom stereocenters. The van der Waals surface area contributed by atoms with Crippen molar-refractivity contribution in [3.8, 4) is 0 Å². The largest absolute Gasteiger partial charge is 0.399 e. The van der Waals surface area contributed by atoms with Gasteiger partial charge in [-0.2, -0.15) is 0 Å². The van der Waals surface area contributed by atoms with Crippen molar-refractivity contribution < 1.29 is 16.8 Å². The molecule has 8 heteroatoms. The molecule has 0 unspecified atom stereocenters. The molecule has 0 aliphatic heterocycles. The van der Waals surface area contributed by atoms with E-state index in [2.05, 4.69) is 4.72 Å². The highest BCUT2D eigenvalue weighted by Crippen LogP contribution is 2.17. The molecule has 0 aliphatic carbocycles. The monoisotopic (exact) mass is 278 g/mol. The number of nitrogens with one attached hydrogen (secondary N) is 1. The van der Waals surface area contributed by atoms with Crippen molar-refractivity contribution in [3.63, 3.8) is 0 Å². The fraction of sp³-hybridized carbons (Fsp3) is 0.333. The normalized spacial score (nSPS) is 12.4. The molecule has 1 aromatic carbocycles. The lowest BCUT2D eigenvalue weighted by Crippen LogP contribution is -2.22. The Morgan fingerprint density at radius 1 is 1.24 bits per heavy atom. The van der Waals surface area contributed by atoms with Crippen molar-refractivity contribution >= 4 is 31.2 Å². The molecule has 0 heterocycles. The van der Waals surface area contributed by atoms with Crippen LogP contribution in [0, 0.1) is 6.92 Å². The Kier molecular flexibility index (Phi) is 3.68. The standard InChI is InChI=1S/C9H14N2O4S2/c1-7-5-8(3-4-9(7)10)11-17(14,15)6-16(2,12)13/h3-5,11H,6,10H2,1-2H3. The van der Waals surface area contributed by atoms with E-state index in [1.165, 1.54) is 12.1 Å². The molecule has 6 nitrogen and oxygen atoms in total. The number of sulfone groups is 1. The minimum Gasteiger partial charge on any atom is -0.399 e. The number of nitrogens with two attached hydrogens (primary N) is 1. The molecule has 0 saturated carbocycles. The highest BCUT2D eigenvalue weighted by molar-refractivity contribution is 8.08. The van der Waals surface area contributed by atoms with Gasteiger partial charge in [-0.3, -0.25) is 4.72 Å². The van der Waals surface area contributed by atoms with Crippen LogP contribution in [0.15, 0.2) is 18.2 Å². The van der Waals surface area contributed by atoms with Gasteiger partial charge in [-0.25, -0.2) is 16.8 Å². The molecule has 0 spiro atoms. The summed E-state index contributed by atoms with van der Waals surface area (Å²) in [5.74, 6) is 0. The van der Waals surface area contributed by atoms with Crippen LogP contribution in [0.4, 0.5) is 11.4 Å². The average Bonchev–Trinajstić information content (AvgIpc) is 2.06. The Hall–Kier alpha value is -1.28. The van der Waals surface area contributed by atoms with Crippen molar-refractivity contribution in [3.05, 3.63) is 23.8 Å². The maximum atomic E-state index is 11.5. The maximum Gasteiger partial charge on any atom is 0.247 e. The lowest BCUT2D eigenvalue weighted by molar-refractivity contribution is 0.595. The molecule has 0 amide bonds. The van der Waals surface area contributed by atoms with Gasteiger partial charge in [0.1, 0.15) is 0 Å². The summed E-state index contributed by atoms with van der Waals surface area (Å²) in [5, 5.41) is -0.941. The summed E-state index contributed by atoms with van der Waals surface area (Å²) in [6, 6.07) is 4.56. The van der Waals surface area contributed by atoms with Crippen LogP contribution in [0.5, 0.6) is 0 Å². The Bertz CT molecular complexity index is 620. The zero-order valence-corrected chi connectivity index (χ0v) is 11.1. The second-order valence-electron chi connectivity index (χ2n) is 3.83. The number of rotatable bonds is 4. The van der Waals surface area contributed by atoms with Crippen LogP contribution in [0.2, 0.25) is 0 Å². The predicted molar refractivity (Wildman–Crippen MR) is 67.8 cm³/mol. The second kappa shape index (κ2) is 4.53. The number of benzene rings is 1. The molecular formula is C9H14N2O4S2. The molecule has 1 aromatic rings. The summed E-state index contributed by atoms with van der Waals surface area (Å²) < 4.78 is 47.0. The van der Waals surface area contributed by atoms with Crippen LogP contribution in [0.3, 0.4) is 0 Å². The molecule has 0 aliphatic rings. The van der Waals surface area contributed by atoms with Gasteiger partial charge in [0.15, 0.2) is 14.9 Å². The summed E-state index contributed by atoms with van der Waals surface area (Å²) in [6.07, 6.45) is 0.862. The number of hydrogen-bond acceptors (Lipinski definition) is 5. The van der Waals surface area contributed by atoms with Gasteiger partial charge in [-0.1, -0.05) is 0 Å². The minimum absolute atomic E-state index is 0.292. The van der Waals surface area contributed by atoms with E-state index in [1.54, 1.807) is 13.0 Å². The Morgan fingerprint density at radius 2 is 1.82 bits per heavy atom. The van der Waals surface area contributed by atoms with E-state index < -0.39 is 24.9 Å². The number of aryl methyl sites for hydroxylation is 1. The van der Waals surface area contributed by atoms with Crippen LogP contribution in [-0.2, 0) is 19.9 Å². The smallest absolute Gasteiger partial charge is 0.247 e. The first-order valence-corrected chi connectivity index (χ1v) is 8.35. The van der Waals surface area contributed by atoms with Gasteiger partial charge in [-0.15, -0.1) is 0 Å². The van der Waals surface area contributed by atoms with Crippen LogP contribution in [0.25, 0.3) is 0 Å². The van der Waals surface area contributed by atoms with E-state index in [4.69, 9.17) is 5.73 Å². The van der Waals surface area contributed by atoms with Crippen LogP contribution in [-0.4, -0.2) is 28.2 Å². The van der Waals surface area contributed by atoms with Crippen molar-refractivity contribution in [2.45, 2.75) is 6.92 Å². The van der Waals surface area contributed by atoms with Gasteiger partial charge in [0.25, 0.3) is 0 Å². The SMILES string of the molecule is Cc1cc(NS(=O)(=O)CS(C)(=O)=O)ccc1N. The number of nitrogen functional groups attached to an aromatic ring is 1. The van der Waals surface area contributed by atoms with E-state index in [1.807, 2.05) is 0 Å². The third-order valence-electron chi connectivity index (χ3n) is 1.91. The van der Waals surface area contributed by atoms with Crippen LogP contribution < -0.4 is 10.5 Å². The highest BCUT2D eigenvalue weighted by Gasteiger charge is 2.18. The van der Waals surface area contributed by atoms with Crippen molar-refractivity contribution in [2.75, 3.05) is 21.8 Å². The fourth-order valence-electron chi connectivity index (χ4n) is 1.23. The molecule has 3 N–H and O–H groups in total. The first-order valence-electron chi connectivity index (χ1n) is 4.63. The molecule has 96 valence electrons. The van der Waals surface area contributed by atoms with Gasteiger partial charge in [0.05, 0.1) is 0 Å². The quantitative estimate of drug-likeness (QED) is 0.771. The molecule has 17 heavy (non-hydrogen) atoms. The van der Waals surface area contributed by atoms with Crippen LogP contribution in [0.1, 0.15) is 5.56 Å². The van der Waals surface area contributed by atoms with Gasteiger partial charge < -0.3 is 5.73 Å². The highest BCUT2D eigenvalue weighted by atomic mass is 32.3. The zero-order chi connectivity index (χ0) is 13.3. The molecule has 0 bridgehead atoms. The first-order chi connectivity index (χ1) is 7.59. The summed E-state index contributed by atoms with van der Waals surface area (Å²) in [4.78, 5) is 0. The number of sulfonamides is 1. The van der Waals surface area contributed by atoms with Gasteiger partial charge in [0, 0.05) is 17.6 Å². The van der Waals surface area contributed by atoms with Crippen molar-refractivity contribution in [2.24, 2.45) is 0 Å². The number of hydrogen-bond donors (Lipinski definition) is 2. The van der Waals surface area contributed by atoms with Gasteiger partial charge in [-0.05, 0) is 30.7 Å². The summed E-state index contributed by atoms with van der Waals surface area (Å²) in [5.41, 5.74) is 7.12. The molecule has 0 fully saturated rings. The summed E-state index contributed by atoms with van der Waals surface area (Å²) >= 11 is 0. The van der Waals surface area contributed by atoms with E-state index in [-0.39, 0.29) is 0 Å². The third kappa shape index (κ3) is 4.61. The van der Waals surface area contributed by atoms with Crippen molar-refractivity contribution in [1.82, 2.24) is 0 Å². The second-order valence-corrected chi connectivity index (χ2v) is 8.06. The summed E-state index contributed by atoms with van der Waals surface area (Å²) in [7, 11) is -7.50. The van der Waals surface area contributed by atoms with E-state index in [0.29, 0.717) is 16.9 Å².